The number of rotatable bonds is 7. The number of alkyl halides is 2. The fraction of sp³-hybridized carbons (Fsp3) is 0.161. The van der Waals surface area contributed by atoms with Gasteiger partial charge < -0.3 is 4.74 Å². The second-order valence-corrected chi connectivity index (χ2v) is 9.12. The smallest absolute Gasteiger partial charge is 0.429 e. The highest BCUT2D eigenvalue weighted by atomic mass is 19.3. The van der Waals surface area contributed by atoms with E-state index in [0.717, 1.165) is 30.5 Å². The topological polar surface area (TPSA) is 9.23 Å². The fourth-order valence-electron chi connectivity index (χ4n) is 4.03. The summed E-state index contributed by atoms with van der Waals surface area (Å²) < 4.78 is 146. The van der Waals surface area contributed by atoms with Crippen molar-refractivity contribution >= 4 is 0 Å². The zero-order chi connectivity index (χ0) is 30.8. The van der Waals surface area contributed by atoms with Crippen molar-refractivity contribution in [3.63, 3.8) is 0 Å². The van der Waals surface area contributed by atoms with E-state index in [1.165, 1.54) is 12.1 Å². The molecule has 0 amide bonds. The average Bonchev–Trinajstić information content (AvgIpc) is 2.89. The molecular formula is C31H18F10O. The summed E-state index contributed by atoms with van der Waals surface area (Å²) in [4.78, 5) is 0. The number of halogens is 10. The average molecular weight is 596 g/mol. The van der Waals surface area contributed by atoms with Crippen LogP contribution in [0.25, 0.3) is 11.1 Å². The van der Waals surface area contributed by atoms with Gasteiger partial charge in [0.15, 0.2) is 17.5 Å². The number of ether oxygens (including phenoxy) is 1. The highest BCUT2D eigenvalue weighted by Crippen LogP contribution is 2.36. The maximum atomic E-state index is 14.7. The van der Waals surface area contributed by atoms with Crippen molar-refractivity contribution in [1.82, 2.24) is 0 Å². The predicted octanol–water partition coefficient (Wildman–Crippen LogP) is 9.34. The Labute approximate surface area is 233 Å². The van der Waals surface area contributed by atoms with Crippen LogP contribution in [0.5, 0.6) is 5.75 Å². The molecule has 0 saturated carbocycles. The van der Waals surface area contributed by atoms with E-state index >= 15 is 0 Å². The Bertz CT molecular complexity index is 1650. The van der Waals surface area contributed by atoms with E-state index in [4.69, 9.17) is 0 Å². The van der Waals surface area contributed by atoms with Crippen LogP contribution in [0.4, 0.5) is 43.9 Å². The summed E-state index contributed by atoms with van der Waals surface area (Å²) >= 11 is 0. The first-order chi connectivity index (χ1) is 19.8. The zero-order valence-corrected chi connectivity index (χ0v) is 21.5. The largest absolute Gasteiger partial charge is 0.432 e. The van der Waals surface area contributed by atoms with Gasteiger partial charge in [-0.05, 0) is 54.3 Å². The van der Waals surface area contributed by atoms with E-state index in [1.807, 2.05) is 12.8 Å². The Morgan fingerprint density at radius 2 is 1.26 bits per heavy atom. The highest BCUT2D eigenvalue weighted by molar-refractivity contribution is 5.66. The molecule has 1 nitrogen and oxygen atoms in total. The van der Waals surface area contributed by atoms with Crippen LogP contribution < -0.4 is 4.74 Å². The molecule has 11 heteroatoms. The van der Waals surface area contributed by atoms with Crippen molar-refractivity contribution < 1.29 is 48.6 Å². The van der Waals surface area contributed by atoms with Gasteiger partial charge in [-0.15, -0.1) is 0 Å². The molecule has 0 saturated heterocycles. The molecule has 4 aromatic rings. The van der Waals surface area contributed by atoms with E-state index in [0.29, 0.717) is 18.6 Å². The third kappa shape index (κ3) is 6.54. The Balaban J connectivity index is 1.61. The lowest BCUT2D eigenvalue weighted by Crippen LogP contribution is -2.25. The van der Waals surface area contributed by atoms with Crippen LogP contribution in [0, 0.1) is 58.4 Å². The molecule has 0 heterocycles. The Kier molecular flexibility index (Phi) is 8.85. The van der Waals surface area contributed by atoms with Crippen molar-refractivity contribution in [2.45, 2.75) is 32.3 Å². The van der Waals surface area contributed by atoms with E-state index in [-0.39, 0.29) is 23.3 Å². The van der Waals surface area contributed by atoms with Crippen LogP contribution in [0.1, 0.15) is 42.0 Å². The molecule has 0 unspecified atom stereocenters. The molecule has 0 spiro atoms. The van der Waals surface area contributed by atoms with Gasteiger partial charge in [-0.25, -0.2) is 35.1 Å². The molecule has 0 fully saturated rings. The maximum Gasteiger partial charge on any atom is 0.432 e. The standard InChI is InChI=1S/C31H18F10O/c1-2-3-4-16-5-7-20(22(32)9-16)18-12-23(33)21(24(34)13-18)8-6-17-10-25(35)29(26(36)11-17)31(40,41)42-19-14-27(37)30(39)28(38)15-19/h5,7,9-15H,2-4H2,1H3. The van der Waals surface area contributed by atoms with Gasteiger partial charge in [-0.2, -0.15) is 8.78 Å². The van der Waals surface area contributed by atoms with E-state index in [9.17, 15) is 43.9 Å². The lowest BCUT2D eigenvalue weighted by molar-refractivity contribution is -0.189. The molecule has 0 radical (unpaired) electrons. The van der Waals surface area contributed by atoms with Crippen molar-refractivity contribution in [3.05, 3.63) is 123 Å². The summed E-state index contributed by atoms with van der Waals surface area (Å²) in [7, 11) is 0. The van der Waals surface area contributed by atoms with Crippen LogP contribution in [-0.4, -0.2) is 0 Å². The second-order valence-electron chi connectivity index (χ2n) is 9.12. The van der Waals surface area contributed by atoms with Crippen molar-refractivity contribution in [2.75, 3.05) is 0 Å². The number of hydrogen-bond acceptors (Lipinski definition) is 1. The van der Waals surface area contributed by atoms with Gasteiger partial charge in [0.25, 0.3) is 0 Å². The van der Waals surface area contributed by atoms with Crippen LogP contribution in [0.15, 0.2) is 54.6 Å². The van der Waals surface area contributed by atoms with E-state index in [1.54, 1.807) is 6.07 Å². The van der Waals surface area contributed by atoms with Gasteiger partial charge in [0, 0.05) is 23.3 Å². The first kappa shape index (κ1) is 30.5. The third-order valence-corrected chi connectivity index (χ3v) is 6.07. The lowest BCUT2D eigenvalue weighted by atomic mass is 9.99. The highest BCUT2D eigenvalue weighted by Gasteiger charge is 2.41. The van der Waals surface area contributed by atoms with E-state index < -0.39 is 75.1 Å². The Morgan fingerprint density at radius 1 is 0.667 bits per heavy atom. The molecule has 0 aliphatic heterocycles. The van der Waals surface area contributed by atoms with Crippen LogP contribution in [-0.2, 0) is 12.5 Å². The molecule has 0 N–H and O–H groups in total. The van der Waals surface area contributed by atoms with Crippen molar-refractivity contribution in [1.29, 1.82) is 0 Å². The first-order valence-electron chi connectivity index (χ1n) is 12.3. The van der Waals surface area contributed by atoms with Gasteiger partial charge in [0.1, 0.15) is 40.4 Å². The minimum absolute atomic E-state index is 0.0490. The molecule has 4 aromatic carbocycles. The van der Waals surface area contributed by atoms with Crippen molar-refractivity contribution in [2.24, 2.45) is 0 Å². The molecule has 42 heavy (non-hydrogen) atoms. The molecule has 0 aromatic heterocycles. The summed E-state index contributed by atoms with van der Waals surface area (Å²) in [6.45, 7) is 1.97. The summed E-state index contributed by atoms with van der Waals surface area (Å²) in [6, 6.07) is 6.65. The predicted molar refractivity (Wildman–Crippen MR) is 134 cm³/mol. The maximum absolute atomic E-state index is 14.7. The van der Waals surface area contributed by atoms with Gasteiger partial charge in [0.05, 0.1) is 5.56 Å². The summed E-state index contributed by atoms with van der Waals surface area (Å²) in [6.07, 6.45) is -2.46. The zero-order valence-electron chi connectivity index (χ0n) is 21.5. The molecule has 218 valence electrons. The molecule has 4 rings (SSSR count). The first-order valence-corrected chi connectivity index (χ1v) is 12.3. The monoisotopic (exact) mass is 596 g/mol. The fourth-order valence-corrected chi connectivity index (χ4v) is 4.03. The van der Waals surface area contributed by atoms with Crippen LogP contribution in [0.2, 0.25) is 0 Å². The van der Waals surface area contributed by atoms with Crippen LogP contribution >= 0.6 is 0 Å². The minimum Gasteiger partial charge on any atom is -0.429 e. The quantitative estimate of drug-likeness (QED) is 0.117. The molecule has 0 aliphatic carbocycles. The molecule has 0 aliphatic rings. The second kappa shape index (κ2) is 12.2. The van der Waals surface area contributed by atoms with E-state index in [2.05, 4.69) is 10.7 Å². The molecular weight excluding hydrogens is 578 g/mol. The number of aryl methyl sites for hydroxylation is 1. The Morgan fingerprint density at radius 3 is 1.81 bits per heavy atom. The normalized spacial score (nSPS) is 11.3. The van der Waals surface area contributed by atoms with Gasteiger partial charge in [0.2, 0.25) is 0 Å². The summed E-state index contributed by atoms with van der Waals surface area (Å²) in [5, 5.41) is 0. The summed E-state index contributed by atoms with van der Waals surface area (Å²) in [5.41, 5.74) is -2.89. The number of hydrogen-bond donors (Lipinski definition) is 0. The third-order valence-electron chi connectivity index (χ3n) is 6.07. The summed E-state index contributed by atoms with van der Waals surface area (Å²) in [5.74, 6) is -9.88. The van der Waals surface area contributed by atoms with Gasteiger partial charge in [-0.3, -0.25) is 0 Å². The number of benzene rings is 4. The minimum atomic E-state index is -4.83. The Hall–Kier alpha value is -4.46. The lowest BCUT2D eigenvalue weighted by Gasteiger charge is -2.19. The molecule has 0 atom stereocenters. The van der Waals surface area contributed by atoms with Gasteiger partial charge >= 0.3 is 6.11 Å². The number of unbranched alkanes of at least 4 members (excludes halogenated alkanes) is 1. The SMILES string of the molecule is CCCCc1ccc(-c2cc(F)c(C#Cc3cc(F)c(C(F)(F)Oc4cc(F)c(F)c(F)c4)c(F)c3)c(F)c2)c(F)c1. The van der Waals surface area contributed by atoms with Crippen molar-refractivity contribution in [3.8, 4) is 28.7 Å². The van der Waals surface area contributed by atoms with Crippen LogP contribution in [0.3, 0.4) is 0 Å². The molecule has 0 bridgehead atoms. The van der Waals surface area contributed by atoms with Gasteiger partial charge in [-0.1, -0.05) is 37.3 Å².